The zero-order chi connectivity index (χ0) is 12.9. The molecule has 0 aliphatic heterocycles. The highest BCUT2D eigenvalue weighted by Gasteiger charge is 2.20. The summed E-state index contributed by atoms with van der Waals surface area (Å²) in [7, 11) is -1.55. The van der Waals surface area contributed by atoms with Gasteiger partial charge >= 0.3 is 9.28 Å². The minimum Gasteiger partial charge on any atom is -0.397 e. The molecular formula is C12H25NO2SSi. The molecule has 0 radical (unpaired) electrons. The van der Waals surface area contributed by atoms with E-state index in [2.05, 4.69) is 12.3 Å². The van der Waals surface area contributed by atoms with Gasteiger partial charge in [-0.3, -0.25) is 0 Å². The van der Waals surface area contributed by atoms with Crippen LogP contribution in [-0.4, -0.2) is 27.7 Å². The van der Waals surface area contributed by atoms with Gasteiger partial charge in [0.25, 0.3) is 0 Å². The molecule has 0 bridgehead atoms. The summed E-state index contributed by atoms with van der Waals surface area (Å²) in [4.78, 5) is 0. The maximum atomic E-state index is 8.81. The van der Waals surface area contributed by atoms with Gasteiger partial charge in [-0.25, -0.2) is 0 Å². The van der Waals surface area contributed by atoms with Crippen molar-refractivity contribution in [1.29, 1.82) is 5.26 Å². The van der Waals surface area contributed by atoms with Gasteiger partial charge in [0.1, 0.15) is 5.40 Å². The van der Waals surface area contributed by atoms with Crippen molar-refractivity contribution in [3.63, 3.8) is 0 Å². The molecule has 0 aromatic carbocycles. The molecule has 0 aliphatic rings. The number of nitriles is 1. The zero-order valence-electron chi connectivity index (χ0n) is 11.3. The average molecular weight is 275 g/mol. The summed E-state index contributed by atoms with van der Waals surface area (Å²) in [5.41, 5.74) is 0. The molecule has 17 heavy (non-hydrogen) atoms. The molecule has 0 amide bonds. The number of hydrogen-bond acceptors (Lipinski definition) is 4. The molecule has 0 aromatic rings. The lowest BCUT2D eigenvalue weighted by molar-refractivity contribution is 0.213. The summed E-state index contributed by atoms with van der Waals surface area (Å²) < 4.78 is 11.3. The Kier molecular flexibility index (Phi) is 12.4. The summed E-state index contributed by atoms with van der Waals surface area (Å²) in [6.45, 7) is 7.64. The van der Waals surface area contributed by atoms with Crippen LogP contribution in [-0.2, 0) is 8.85 Å². The minimum absolute atomic E-state index is 0.390. The zero-order valence-corrected chi connectivity index (χ0v) is 13.2. The fourth-order valence-corrected chi connectivity index (χ4v) is 4.76. The first-order valence-electron chi connectivity index (χ1n) is 6.56. The van der Waals surface area contributed by atoms with Crippen molar-refractivity contribution in [2.45, 2.75) is 57.7 Å². The fraction of sp³-hybridized carbons (Fsp3) is 0.917. The largest absolute Gasteiger partial charge is 0.397 e. The van der Waals surface area contributed by atoms with Crippen molar-refractivity contribution in [1.82, 2.24) is 0 Å². The van der Waals surface area contributed by atoms with Crippen LogP contribution in [0.2, 0.25) is 6.04 Å². The van der Waals surface area contributed by atoms with Crippen molar-refractivity contribution < 1.29 is 8.85 Å². The predicted octanol–water partition coefficient (Wildman–Crippen LogP) is 3.44. The second kappa shape index (κ2) is 12.4. The van der Waals surface area contributed by atoms with E-state index in [9.17, 15) is 0 Å². The molecule has 0 N–H and O–H groups in total. The van der Waals surface area contributed by atoms with Gasteiger partial charge in [0.2, 0.25) is 0 Å². The van der Waals surface area contributed by atoms with Gasteiger partial charge in [0.05, 0.1) is 0 Å². The summed E-state index contributed by atoms with van der Waals surface area (Å²) in [6.07, 6.45) is 4.78. The third-order valence-corrected chi connectivity index (χ3v) is 6.08. The number of thiocyanates is 1. The lowest BCUT2D eigenvalue weighted by atomic mass is 10.2. The third kappa shape index (κ3) is 9.66. The molecule has 0 rings (SSSR count). The standard InChI is InChI=1S/C12H25NO2SSi/c1-4-7-8-9-12(16-11-13)10-17(14-5-2)15-6-3/h12,17H,4-10H2,1-3H3. The Balaban J connectivity index is 4.03. The van der Waals surface area contributed by atoms with E-state index in [1.54, 1.807) is 0 Å². The number of hydrogen-bond donors (Lipinski definition) is 0. The Morgan fingerprint density at radius 2 is 1.82 bits per heavy atom. The van der Waals surface area contributed by atoms with E-state index < -0.39 is 9.28 Å². The summed E-state index contributed by atoms with van der Waals surface area (Å²) in [5, 5.41) is 11.4. The van der Waals surface area contributed by atoms with Crippen LogP contribution >= 0.6 is 11.8 Å². The van der Waals surface area contributed by atoms with Crippen molar-refractivity contribution >= 4 is 21.0 Å². The fourth-order valence-electron chi connectivity index (χ4n) is 1.69. The Hall–Kier alpha value is -0.0231. The molecule has 0 saturated heterocycles. The smallest absolute Gasteiger partial charge is 0.322 e. The van der Waals surface area contributed by atoms with Crippen molar-refractivity contribution in [2.75, 3.05) is 13.2 Å². The second-order valence-corrected chi connectivity index (χ2v) is 6.99. The Morgan fingerprint density at radius 3 is 2.29 bits per heavy atom. The molecule has 0 saturated carbocycles. The van der Waals surface area contributed by atoms with Crippen molar-refractivity contribution in [2.24, 2.45) is 0 Å². The molecule has 0 fully saturated rings. The first-order valence-corrected chi connectivity index (χ1v) is 9.20. The van der Waals surface area contributed by atoms with Crippen LogP contribution in [0.15, 0.2) is 0 Å². The highest BCUT2D eigenvalue weighted by atomic mass is 32.2. The Labute approximate surface area is 112 Å². The highest BCUT2D eigenvalue weighted by molar-refractivity contribution is 8.04. The van der Waals surface area contributed by atoms with Gasteiger partial charge in [-0.15, -0.1) is 0 Å². The van der Waals surface area contributed by atoms with Crippen molar-refractivity contribution in [3.8, 4) is 5.40 Å². The van der Waals surface area contributed by atoms with E-state index in [0.29, 0.717) is 5.25 Å². The van der Waals surface area contributed by atoms with Gasteiger partial charge in [-0.2, -0.15) is 5.26 Å². The molecule has 1 unspecified atom stereocenters. The van der Waals surface area contributed by atoms with Crippen LogP contribution in [0.4, 0.5) is 0 Å². The number of rotatable bonds is 11. The van der Waals surface area contributed by atoms with E-state index >= 15 is 0 Å². The number of unbranched alkanes of at least 4 members (excludes halogenated alkanes) is 2. The Morgan fingerprint density at radius 1 is 1.18 bits per heavy atom. The molecule has 1 atom stereocenters. The lowest BCUT2D eigenvalue weighted by Crippen LogP contribution is -2.27. The number of thioether (sulfide) groups is 1. The lowest BCUT2D eigenvalue weighted by Gasteiger charge is -2.19. The van der Waals surface area contributed by atoms with Crippen LogP contribution in [0.5, 0.6) is 0 Å². The maximum absolute atomic E-state index is 8.81. The van der Waals surface area contributed by atoms with Gasteiger partial charge in [-0.1, -0.05) is 26.2 Å². The molecule has 0 aromatic heterocycles. The van der Waals surface area contributed by atoms with Gasteiger partial charge in [-0.05, 0) is 32.0 Å². The SMILES string of the molecule is CCCCCC(C[SiH](OCC)OCC)SC#N. The van der Waals surface area contributed by atoms with E-state index in [0.717, 1.165) is 25.7 Å². The van der Waals surface area contributed by atoms with E-state index in [-0.39, 0.29) is 0 Å². The monoisotopic (exact) mass is 275 g/mol. The van der Waals surface area contributed by atoms with Gasteiger partial charge in [0.15, 0.2) is 0 Å². The molecular weight excluding hydrogens is 250 g/mol. The first-order chi connectivity index (χ1) is 8.28. The summed E-state index contributed by atoms with van der Waals surface area (Å²) in [6, 6.07) is 0.948. The minimum atomic E-state index is -1.55. The number of nitrogens with zero attached hydrogens (tertiary/aromatic N) is 1. The van der Waals surface area contributed by atoms with Gasteiger partial charge < -0.3 is 8.85 Å². The van der Waals surface area contributed by atoms with Crippen LogP contribution in [0.1, 0.15) is 46.5 Å². The topological polar surface area (TPSA) is 42.2 Å². The summed E-state index contributed by atoms with van der Waals surface area (Å²) in [5.74, 6) is 0. The molecule has 0 aliphatic carbocycles. The van der Waals surface area contributed by atoms with Gasteiger partial charge in [0, 0.05) is 24.5 Å². The summed E-state index contributed by atoms with van der Waals surface area (Å²) >= 11 is 1.39. The normalized spacial score (nSPS) is 12.6. The first kappa shape index (κ1) is 17.0. The average Bonchev–Trinajstić information content (AvgIpc) is 2.30. The quantitative estimate of drug-likeness (QED) is 0.329. The molecule has 5 heteroatoms. The van der Waals surface area contributed by atoms with E-state index in [4.69, 9.17) is 14.1 Å². The van der Waals surface area contributed by atoms with Crippen molar-refractivity contribution in [3.05, 3.63) is 0 Å². The third-order valence-electron chi connectivity index (χ3n) is 2.51. The van der Waals surface area contributed by atoms with Crippen LogP contribution in [0, 0.1) is 10.7 Å². The highest BCUT2D eigenvalue weighted by Crippen LogP contribution is 2.22. The molecule has 0 spiro atoms. The van der Waals surface area contributed by atoms with Crippen LogP contribution in [0.3, 0.4) is 0 Å². The molecule has 3 nitrogen and oxygen atoms in total. The predicted molar refractivity (Wildman–Crippen MR) is 76.3 cm³/mol. The van der Waals surface area contributed by atoms with E-state index in [1.165, 1.54) is 31.0 Å². The van der Waals surface area contributed by atoms with Crippen LogP contribution in [0.25, 0.3) is 0 Å². The second-order valence-electron chi connectivity index (χ2n) is 3.90. The Bertz CT molecular complexity index is 205. The maximum Gasteiger partial charge on any atom is 0.322 e. The van der Waals surface area contributed by atoms with E-state index in [1.807, 2.05) is 13.8 Å². The molecule has 100 valence electrons. The molecule has 0 heterocycles. The van der Waals surface area contributed by atoms with Crippen LogP contribution < -0.4 is 0 Å².